The molecule has 0 saturated heterocycles. The van der Waals surface area contributed by atoms with Gasteiger partial charge in [-0.25, -0.2) is 0 Å². The largest absolute Gasteiger partial charge is 0.508 e. The number of carbonyl (C=O) groups is 1. The van der Waals surface area contributed by atoms with E-state index in [1.165, 1.54) is 6.07 Å². The fourth-order valence-electron chi connectivity index (χ4n) is 2.86. The van der Waals surface area contributed by atoms with Gasteiger partial charge in [-0.2, -0.15) is 0 Å². The monoisotopic (exact) mass is 330 g/mol. The predicted octanol–water partition coefficient (Wildman–Crippen LogP) is 2.55. The molecule has 3 rings (SSSR count). The summed E-state index contributed by atoms with van der Waals surface area (Å²) >= 11 is 0. The van der Waals surface area contributed by atoms with E-state index in [1.54, 1.807) is 20.3 Å². The van der Waals surface area contributed by atoms with Crippen molar-refractivity contribution in [2.45, 2.75) is 6.42 Å². The maximum Gasteiger partial charge on any atom is 0.177 e. The number of fused-ring (bicyclic) bond motifs is 1. The molecule has 0 aromatic heterocycles. The molecule has 0 saturated carbocycles. The molecular formula is C18H18O6. The van der Waals surface area contributed by atoms with Crippen LogP contribution in [0, 0.1) is 5.92 Å². The number of hydrogen-bond donors (Lipinski definition) is 2. The Kier molecular flexibility index (Phi) is 4.20. The summed E-state index contributed by atoms with van der Waals surface area (Å²) < 4.78 is 16.0. The first-order valence-electron chi connectivity index (χ1n) is 7.47. The molecule has 0 amide bonds. The van der Waals surface area contributed by atoms with E-state index in [0.29, 0.717) is 17.9 Å². The summed E-state index contributed by atoms with van der Waals surface area (Å²) in [5.74, 6) is 0.373. The molecule has 2 aromatic carbocycles. The Morgan fingerprint density at radius 2 is 1.88 bits per heavy atom. The topological polar surface area (TPSA) is 85.2 Å². The Labute approximate surface area is 139 Å². The summed E-state index contributed by atoms with van der Waals surface area (Å²) in [6.07, 6.45) is 0.443. The van der Waals surface area contributed by atoms with Crippen molar-refractivity contribution in [2.24, 2.45) is 5.92 Å². The normalized spacial score (nSPS) is 16.2. The van der Waals surface area contributed by atoms with E-state index < -0.39 is 5.92 Å². The molecule has 0 fully saturated rings. The summed E-state index contributed by atoms with van der Waals surface area (Å²) in [7, 11) is 3.11. The first kappa shape index (κ1) is 16.0. The highest BCUT2D eigenvalue weighted by Crippen LogP contribution is 2.38. The highest BCUT2D eigenvalue weighted by molar-refractivity contribution is 6.04. The van der Waals surface area contributed by atoms with Gasteiger partial charge in [0.1, 0.15) is 22.8 Å². The van der Waals surface area contributed by atoms with Gasteiger partial charge in [0.05, 0.1) is 26.7 Å². The molecule has 2 N–H and O–H groups in total. The molecule has 0 spiro atoms. The van der Waals surface area contributed by atoms with Crippen LogP contribution in [0.1, 0.15) is 15.9 Å². The molecule has 1 heterocycles. The van der Waals surface area contributed by atoms with E-state index in [2.05, 4.69) is 0 Å². The summed E-state index contributed by atoms with van der Waals surface area (Å²) in [4.78, 5) is 12.7. The van der Waals surface area contributed by atoms with Gasteiger partial charge in [-0.3, -0.25) is 4.79 Å². The van der Waals surface area contributed by atoms with E-state index in [1.807, 2.05) is 12.1 Å². The summed E-state index contributed by atoms with van der Waals surface area (Å²) in [5, 5.41) is 19.4. The number of phenolic OH excluding ortho intramolecular Hbond substituents is 2. The van der Waals surface area contributed by atoms with Crippen molar-refractivity contribution in [2.75, 3.05) is 20.8 Å². The Bertz CT molecular complexity index is 783. The molecular weight excluding hydrogens is 312 g/mol. The molecule has 0 aliphatic carbocycles. The first-order valence-corrected chi connectivity index (χ1v) is 7.47. The highest BCUT2D eigenvalue weighted by Gasteiger charge is 2.32. The average molecular weight is 330 g/mol. The standard InChI is InChI=1S/C18H18O6/c1-22-14-4-3-10(6-15(14)23-2)5-11-9-24-16-8-12(19)7-13(20)17(16)18(11)21/h3-4,6-8,11,19-20H,5,9H2,1-2H3/t11-/m0/s1. The molecule has 0 unspecified atom stereocenters. The van der Waals surface area contributed by atoms with Crippen LogP contribution in [0.3, 0.4) is 0 Å². The first-order chi connectivity index (χ1) is 11.5. The number of ether oxygens (including phenoxy) is 3. The molecule has 6 nitrogen and oxygen atoms in total. The zero-order chi connectivity index (χ0) is 17.3. The number of hydrogen-bond acceptors (Lipinski definition) is 6. The number of carbonyl (C=O) groups excluding carboxylic acids is 1. The second kappa shape index (κ2) is 6.31. The summed E-state index contributed by atoms with van der Waals surface area (Å²) in [6, 6.07) is 7.93. The van der Waals surface area contributed by atoms with Crippen LogP contribution >= 0.6 is 0 Å². The van der Waals surface area contributed by atoms with Gasteiger partial charge in [0, 0.05) is 12.1 Å². The molecule has 126 valence electrons. The van der Waals surface area contributed by atoms with E-state index in [4.69, 9.17) is 14.2 Å². The Hall–Kier alpha value is -2.89. The lowest BCUT2D eigenvalue weighted by Gasteiger charge is -2.25. The third-order valence-corrected chi connectivity index (χ3v) is 4.05. The van der Waals surface area contributed by atoms with Crippen LogP contribution in [0.25, 0.3) is 0 Å². The zero-order valence-corrected chi connectivity index (χ0v) is 13.4. The molecule has 1 aliphatic rings. The van der Waals surface area contributed by atoms with Crippen molar-refractivity contribution in [1.82, 2.24) is 0 Å². The van der Waals surface area contributed by atoms with Crippen molar-refractivity contribution in [1.29, 1.82) is 0 Å². The predicted molar refractivity (Wildman–Crippen MR) is 86.3 cm³/mol. The maximum atomic E-state index is 12.7. The van der Waals surface area contributed by atoms with Crippen LogP contribution in [-0.2, 0) is 6.42 Å². The van der Waals surface area contributed by atoms with Crippen molar-refractivity contribution < 1.29 is 29.2 Å². The lowest BCUT2D eigenvalue weighted by molar-refractivity contribution is 0.0826. The minimum atomic E-state index is -0.425. The van der Waals surface area contributed by atoms with E-state index in [0.717, 1.165) is 11.6 Å². The Morgan fingerprint density at radius 1 is 1.12 bits per heavy atom. The van der Waals surface area contributed by atoms with Crippen LogP contribution in [0.5, 0.6) is 28.7 Å². The fraction of sp³-hybridized carbons (Fsp3) is 0.278. The number of ketones is 1. The van der Waals surface area contributed by atoms with Gasteiger partial charge in [-0.05, 0) is 24.1 Å². The molecule has 1 atom stereocenters. The van der Waals surface area contributed by atoms with Crippen LogP contribution in [0.2, 0.25) is 0 Å². The van der Waals surface area contributed by atoms with Gasteiger partial charge >= 0.3 is 0 Å². The molecule has 1 aliphatic heterocycles. The van der Waals surface area contributed by atoms with Gasteiger partial charge in [-0.1, -0.05) is 6.07 Å². The lowest BCUT2D eigenvalue weighted by Crippen LogP contribution is -2.29. The van der Waals surface area contributed by atoms with E-state index in [-0.39, 0.29) is 35.2 Å². The summed E-state index contributed by atoms with van der Waals surface area (Å²) in [6.45, 7) is 0.184. The minimum absolute atomic E-state index is 0.115. The fourth-order valence-corrected chi connectivity index (χ4v) is 2.86. The average Bonchev–Trinajstić information content (AvgIpc) is 2.56. The van der Waals surface area contributed by atoms with Gasteiger partial charge in [0.15, 0.2) is 17.3 Å². The van der Waals surface area contributed by atoms with E-state index in [9.17, 15) is 15.0 Å². The number of phenols is 2. The Morgan fingerprint density at radius 3 is 2.58 bits per heavy atom. The van der Waals surface area contributed by atoms with Crippen molar-refractivity contribution in [3.05, 3.63) is 41.5 Å². The Balaban J connectivity index is 1.86. The van der Waals surface area contributed by atoms with Gasteiger partial charge in [0.2, 0.25) is 0 Å². The maximum absolute atomic E-state index is 12.7. The minimum Gasteiger partial charge on any atom is -0.508 e. The number of Topliss-reactive ketones (excluding diaryl/α,β-unsaturated/α-hetero) is 1. The lowest BCUT2D eigenvalue weighted by atomic mass is 9.89. The van der Waals surface area contributed by atoms with Crippen LogP contribution in [0.15, 0.2) is 30.3 Å². The molecule has 24 heavy (non-hydrogen) atoms. The van der Waals surface area contributed by atoms with Gasteiger partial charge in [-0.15, -0.1) is 0 Å². The number of methoxy groups -OCH3 is 2. The van der Waals surface area contributed by atoms with Crippen LogP contribution < -0.4 is 14.2 Å². The smallest absolute Gasteiger partial charge is 0.177 e. The third-order valence-electron chi connectivity index (χ3n) is 4.05. The highest BCUT2D eigenvalue weighted by atomic mass is 16.5. The number of benzene rings is 2. The zero-order valence-electron chi connectivity index (χ0n) is 13.4. The second-order valence-electron chi connectivity index (χ2n) is 5.60. The van der Waals surface area contributed by atoms with Gasteiger partial charge < -0.3 is 24.4 Å². The van der Waals surface area contributed by atoms with Crippen molar-refractivity contribution in [3.8, 4) is 28.7 Å². The van der Waals surface area contributed by atoms with Gasteiger partial charge in [0.25, 0.3) is 0 Å². The van der Waals surface area contributed by atoms with Crippen molar-refractivity contribution in [3.63, 3.8) is 0 Å². The van der Waals surface area contributed by atoms with Crippen LogP contribution in [0.4, 0.5) is 0 Å². The second-order valence-corrected chi connectivity index (χ2v) is 5.60. The van der Waals surface area contributed by atoms with E-state index >= 15 is 0 Å². The molecule has 6 heteroatoms. The molecule has 0 radical (unpaired) electrons. The third kappa shape index (κ3) is 2.82. The van der Waals surface area contributed by atoms with Crippen molar-refractivity contribution >= 4 is 5.78 Å². The molecule has 0 bridgehead atoms. The SMILES string of the molecule is COc1ccc(C[C@H]2COc3cc(O)cc(O)c3C2=O)cc1OC. The quantitative estimate of drug-likeness (QED) is 0.896. The molecule has 2 aromatic rings. The number of rotatable bonds is 4. The van der Waals surface area contributed by atoms with Crippen LogP contribution in [-0.4, -0.2) is 36.8 Å². The summed E-state index contributed by atoms with van der Waals surface area (Å²) in [5.41, 5.74) is 1.01. The number of aromatic hydroxyl groups is 2.